The Hall–Kier alpha value is -0.190. The van der Waals surface area contributed by atoms with Crippen LogP contribution in [0.15, 0.2) is 21.5 Å². The Morgan fingerprint density at radius 2 is 2.36 bits per heavy atom. The second-order valence-electron chi connectivity index (χ2n) is 2.29. The first-order chi connectivity index (χ1) is 5.31. The fraction of sp³-hybridized carbons (Fsp3) is 0.143. The minimum absolute atomic E-state index is 0.109. The van der Waals surface area contributed by atoms with Gasteiger partial charge in [0.15, 0.2) is 0 Å². The van der Waals surface area contributed by atoms with Crippen LogP contribution in [0.4, 0.5) is 5.69 Å². The summed E-state index contributed by atoms with van der Waals surface area (Å²) in [5, 5.41) is 8.96. The zero-order valence-electron chi connectivity index (χ0n) is 5.60. The van der Waals surface area contributed by atoms with E-state index in [2.05, 4.69) is 20.7 Å². The Labute approximate surface area is 77.3 Å². The molecule has 2 N–H and O–H groups in total. The van der Waals surface area contributed by atoms with E-state index in [1.807, 2.05) is 12.1 Å². The lowest BCUT2D eigenvalue weighted by Gasteiger charge is -1.98. The molecule has 4 heteroatoms. The fourth-order valence-corrected chi connectivity index (χ4v) is 2.56. The minimum atomic E-state index is 0.109. The molecule has 2 nitrogen and oxygen atoms in total. The van der Waals surface area contributed by atoms with Crippen LogP contribution in [-0.2, 0) is 6.61 Å². The number of nitrogens with one attached hydrogen (secondary N) is 1. The van der Waals surface area contributed by atoms with Crippen molar-refractivity contribution < 1.29 is 5.11 Å². The molecule has 58 valence electrons. The van der Waals surface area contributed by atoms with E-state index in [1.54, 1.807) is 11.9 Å². The van der Waals surface area contributed by atoms with Gasteiger partial charge in [0, 0.05) is 14.9 Å². The van der Waals surface area contributed by atoms with Gasteiger partial charge in [-0.1, -0.05) is 15.9 Å². The van der Waals surface area contributed by atoms with Crippen molar-refractivity contribution in [2.75, 3.05) is 4.72 Å². The summed E-state index contributed by atoms with van der Waals surface area (Å²) >= 11 is 4.93. The quantitative estimate of drug-likeness (QED) is 0.729. The highest BCUT2D eigenvalue weighted by molar-refractivity contribution is 9.10. The van der Waals surface area contributed by atoms with E-state index in [0.29, 0.717) is 0 Å². The molecule has 1 aliphatic rings. The molecule has 1 heterocycles. The van der Waals surface area contributed by atoms with Gasteiger partial charge >= 0.3 is 0 Å². The highest BCUT2D eigenvalue weighted by atomic mass is 79.9. The van der Waals surface area contributed by atoms with Crippen LogP contribution >= 0.6 is 27.9 Å². The highest BCUT2D eigenvalue weighted by Gasteiger charge is 2.16. The van der Waals surface area contributed by atoms with Gasteiger partial charge in [-0.2, -0.15) is 0 Å². The number of anilines is 1. The molecule has 0 amide bonds. The van der Waals surface area contributed by atoms with Gasteiger partial charge in [-0.25, -0.2) is 0 Å². The predicted octanol–water partition coefficient (Wildman–Crippen LogP) is 2.37. The molecule has 1 aliphatic heterocycles. The zero-order chi connectivity index (χ0) is 7.84. The summed E-state index contributed by atoms with van der Waals surface area (Å²) in [6.45, 7) is 0.109. The van der Waals surface area contributed by atoms with Gasteiger partial charge in [0.1, 0.15) is 0 Å². The predicted molar refractivity (Wildman–Crippen MR) is 49.5 cm³/mol. The van der Waals surface area contributed by atoms with Gasteiger partial charge in [0.25, 0.3) is 0 Å². The van der Waals surface area contributed by atoms with Crippen LogP contribution in [0.1, 0.15) is 5.56 Å². The van der Waals surface area contributed by atoms with Crippen molar-refractivity contribution in [2.24, 2.45) is 0 Å². The van der Waals surface area contributed by atoms with Gasteiger partial charge in [-0.15, -0.1) is 0 Å². The van der Waals surface area contributed by atoms with Crippen LogP contribution in [0.2, 0.25) is 0 Å². The van der Waals surface area contributed by atoms with E-state index >= 15 is 0 Å². The van der Waals surface area contributed by atoms with Crippen molar-refractivity contribution in [3.8, 4) is 0 Å². The van der Waals surface area contributed by atoms with Gasteiger partial charge in [-0.05, 0) is 24.1 Å². The second-order valence-corrected chi connectivity index (χ2v) is 4.06. The first-order valence-electron chi connectivity index (χ1n) is 3.17. The maximum Gasteiger partial charge on any atom is 0.0714 e. The van der Waals surface area contributed by atoms with Crippen molar-refractivity contribution in [3.63, 3.8) is 0 Å². The van der Waals surface area contributed by atoms with E-state index in [9.17, 15) is 0 Å². The number of hydrogen-bond acceptors (Lipinski definition) is 3. The van der Waals surface area contributed by atoms with Gasteiger partial charge in [-0.3, -0.25) is 0 Å². The average Bonchev–Trinajstić information content (AvgIpc) is 2.23. The molecule has 0 saturated carbocycles. The molecule has 0 unspecified atom stereocenters. The summed E-state index contributed by atoms with van der Waals surface area (Å²) in [5.74, 6) is 0. The standard InChI is InChI=1S/C7H6BrNOS/c8-4-1-6-5(3-10)7(2-4)11-9-6/h1-2,9-10H,3H2. The monoisotopic (exact) mass is 231 g/mol. The molecule has 0 radical (unpaired) electrons. The zero-order valence-corrected chi connectivity index (χ0v) is 8.00. The number of hydrogen-bond donors (Lipinski definition) is 2. The Bertz CT molecular complexity index is 277. The van der Waals surface area contributed by atoms with Gasteiger partial charge in [0.2, 0.25) is 0 Å². The number of aliphatic hydroxyl groups is 1. The van der Waals surface area contributed by atoms with E-state index in [1.165, 1.54) is 0 Å². The summed E-state index contributed by atoms with van der Waals surface area (Å²) in [6, 6.07) is 3.97. The molecule has 0 fully saturated rings. The molecule has 0 spiro atoms. The van der Waals surface area contributed by atoms with E-state index < -0.39 is 0 Å². The Morgan fingerprint density at radius 3 is 3.00 bits per heavy atom. The van der Waals surface area contributed by atoms with E-state index in [4.69, 9.17) is 5.11 Å². The fourth-order valence-electron chi connectivity index (χ4n) is 1.07. The Balaban J connectivity index is 2.59. The topological polar surface area (TPSA) is 32.3 Å². The average molecular weight is 232 g/mol. The van der Waals surface area contributed by atoms with Gasteiger partial charge in [0.05, 0.1) is 12.3 Å². The summed E-state index contributed by atoms with van der Waals surface area (Å²) in [7, 11) is 0. The third-order valence-corrected chi connectivity index (χ3v) is 2.97. The number of benzene rings is 1. The number of halogens is 1. The normalized spacial score (nSPS) is 13.3. The molecular formula is C7H6BrNOS. The number of rotatable bonds is 1. The summed E-state index contributed by atoms with van der Waals surface area (Å²) in [4.78, 5) is 1.11. The van der Waals surface area contributed by atoms with Crippen molar-refractivity contribution >= 4 is 33.6 Å². The molecule has 11 heavy (non-hydrogen) atoms. The van der Waals surface area contributed by atoms with Crippen LogP contribution in [0.5, 0.6) is 0 Å². The molecule has 0 saturated heterocycles. The molecular weight excluding hydrogens is 226 g/mol. The summed E-state index contributed by atoms with van der Waals surface area (Å²) in [6.07, 6.45) is 0. The van der Waals surface area contributed by atoms with Crippen LogP contribution in [0.3, 0.4) is 0 Å². The first kappa shape index (κ1) is 7.46. The maximum atomic E-state index is 8.96. The molecule has 1 aromatic carbocycles. The molecule has 0 aromatic heterocycles. The van der Waals surface area contributed by atoms with Crippen molar-refractivity contribution in [1.82, 2.24) is 0 Å². The lowest BCUT2D eigenvalue weighted by molar-refractivity contribution is 0.280. The minimum Gasteiger partial charge on any atom is -0.392 e. The van der Waals surface area contributed by atoms with E-state index in [0.717, 1.165) is 20.6 Å². The molecule has 2 rings (SSSR count). The largest absolute Gasteiger partial charge is 0.392 e. The maximum absolute atomic E-state index is 8.96. The summed E-state index contributed by atoms with van der Waals surface area (Å²) in [5.41, 5.74) is 2.01. The third-order valence-electron chi connectivity index (χ3n) is 1.60. The lowest BCUT2D eigenvalue weighted by Crippen LogP contribution is -1.84. The van der Waals surface area contributed by atoms with Gasteiger partial charge < -0.3 is 9.83 Å². The molecule has 1 aromatic rings. The lowest BCUT2D eigenvalue weighted by atomic mass is 10.2. The Kier molecular flexibility index (Phi) is 1.83. The van der Waals surface area contributed by atoms with Crippen LogP contribution < -0.4 is 4.72 Å². The number of aliphatic hydroxyl groups excluding tert-OH is 1. The van der Waals surface area contributed by atoms with Crippen molar-refractivity contribution in [3.05, 3.63) is 22.2 Å². The number of fused-ring (bicyclic) bond motifs is 2. The van der Waals surface area contributed by atoms with E-state index in [-0.39, 0.29) is 6.61 Å². The SMILES string of the molecule is OCc1c2cc(Br)cc1SN2. The second kappa shape index (κ2) is 2.69. The highest BCUT2D eigenvalue weighted by Crippen LogP contribution is 2.39. The van der Waals surface area contributed by atoms with Crippen LogP contribution in [0, 0.1) is 0 Å². The Morgan fingerprint density at radius 1 is 1.55 bits per heavy atom. The van der Waals surface area contributed by atoms with Crippen molar-refractivity contribution in [2.45, 2.75) is 11.5 Å². The van der Waals surface area contributed by atoms with Crippen molar-refractivity contribution in [1.29, 1.82) is 0 Å². The van der Waals surface area contributed by atoms with Crippen LogP contribution in [-0.4, -0.2) is 5.11 Å². The third kappa shape index (κ3) is 1.15. The molecule has 2 bridgehead atoms. The molecule has 0 atom stereocenters. The smallest absolute Gasteiger partial charge is 0.0714 e. The molecule has 0 aliphatic carbocycles. The van der Waals surface area contributed by atoms with Crippen LogP contribution in [0.25, 0.3) is 0 Å². The first-order valence-corrected chi connectivity index (χ1v) is 4.78. The summed E-state index contributed by atoms with van der Waals surface area (Å²) < 4.78 is 4.16.